The van der Waals surface area contributed by atoms with Gasteiger partial charge in [0.2, 0.25) is 0 Å². The molecule has 0 aliphatic carbocycles. The molecule has 0 atom stereocenters. The van der Waals surface area contributed by atoms with Gasteiger partial charge in [-0.25, -0.2) is 14.2 Å². The molecule has 0 amide bonds. The average Bonchev–Trinajstić information content (AvgIpc) is 2.82. The van der Waals surface area contributed by atoms with Crippen molar-refractivity contribution >= 4 is 34.9 Å². The maximum absolute atomic E-state index is 15.0. The van der Waals surface area contributed by atoms with Crippen LogP contribution in [-0.4, -0.2) is 31.8 Å². The fourth-order valence-electron chi connectivity index (χ4n) is 3.29. The number of carbonyl (C=O) groups excluding carboxylic acids is 1. The van der Waals surface area contributed by atoms with E-state index in [9.17, 15) is 4.79 Å². The second kappa shape index (κ2) is 11.2. The van der Waals surface area contributed by atoms with E-state index in [1.54, 1.807) is 26.0 Å². The van der Waals surface area contributed by atoms with Crippen LogP contribution in [-0.2, 0) is 17.8 Å². The molecule has 0 bridgehead atoms. The van der Waals surface area contributed by atoms with Gasteiger partial charge in [0, 0.05) is 13.1 Å². The number of rotatable bonds is 9. The molecule has 0 fully saturated rings. The number of methoxy groups -OCH3 is 2. The Morgan fingerprint density at radius 2 is 1.39 bits per heavy atom. The lowest BCUT2D eigenvalue weighted by atomic mass is 10.1. The third-order valence-electron chi connectivity index (χ3n) is 4.89. The Labute approximate surface area is 201 Å². The van der Waals surface area contributed by atoms with Crippen molar-refractivity contribution in [1.29, 1.82) is 0 Å². The zero-order valence-corrected chi connectivity index (χ0v) is 19.9. The van der Waals surface area contributed by atoms with E-state index < -0.39 is 16.9 Å². The number of pyridine rings is 1. The molecule has 0 N–H and O–H groups in total. The summed E-state index contributed by atoms with van der Waals surface area (Å²) in [6.07, 6.45) is 0. The molecule has 0 saturated heterocycles. The van der Waals surface area contributed by atoms with Crippen LogP contribution in [0.2, 0.25) is 10.3 Å². The van der Waals surface area contributed by atoms with Crippen molar-refractivity contribution in [3.05, 3.63) is 81.3 Å². The Bertz CT molecular complexity index is 1060. The molecule has 0 unspecified atom stereocenters. The molecule has 174 valence electrons. The Kier molecular flexibility index (Phi) is 8.36. The van der Waals surface area contributed by atoms with Crippen LogP contribution in [0.25, 0.3) is 0 Å². The van der Waals surface area contributed by atoms with E-state index >= 15 is 4.39 Å². The van der Waals surface area contributed by atoms with Gasteiger partial charge in [-0.2, -0.15) is 0 Å². The van der Waals surface area contributed by atoms with E-state index in [2.05, 4.69) is 4.98 Å². The number of halogens is 3. The molecule has 0 aliphatic rings. The van der Waals surface area contributed by atoms with E-state index in [-0.39, 0.29) is 23.0 Å². The second-order valence-corrected chi connectivity index (χ2v) is 7.72. The Hall–Kier alpha value is -3.03. The molecule has 6 nitrogen and oxygen atoms in total. The summed E-state index contributed by atoms with van der Waals surface area (Å²) in [7, 11) is 3.16. The lowest BCUT2D eigenvalue weighted by Crippen LogP contribution is -2.26. The van der Waals surface area contributed by atoms with E-state index in [1.165, 1.54) is 0 Å². The number of hydrogen-bond acceptors (Lipinski definition) is 6. The van der Waals surface area contributed by atoms with Gasteiger partial charge in [-0.3, -0.25) is 0 Å². The molecule has 3 aromatic rings. The van der Waals surface area contributed by atoms with Crippen molar-refractivity contribution in [2.24, 2.45) is 0 Å². The van der Waals surface area contributed by atoms with Crippen molar-refractivity contribution < 1.29 is 23.4 Å². The summed E-state index contributed by atoms with van der Waals surface area (Å²) >= 11 is 12.3. The first-order chi connectivity index (χ1) is 15.9. The first-order valence-corrected chi connectivity index (χ1v) is 10.9. The van der Waals surface area contributed by atoms with Crippen LogP contribution in [0.4, 0.5) is 10.1 Å². The number of carbonyl (C=O) groups is 1. The van der Waals surface area contributed by atoms with Gasteiger partial charge in [-0.15, -0.1) is 0 Å². The fourth-order valence-corrected chi connectivity index (χ4v) is 3.81. The first-order valence-electron chi connectivity index (χ1n) is 10.1. The third kappa shape index (κ3) is 5.86. The molecule has 9 heteroatoms. The SMILES string of the molecule is CCOC(=O)c1c(F)c(Cl)nc(Cl)c1N(Cc1ccc(OC)cc1)Cc1ccc(OC)cc1. The van der Waals surface area contributed by atoms with Crippen molar-refractivity contribution in [3.8, 4) is 11.5 Å². The molecule has 3 rings (SSSR count). The van der Waals surface area contributed by atoms with Crippen molar-refractivity contribution in [2.75, 3.05) is 25.7 Å². The van der Waals surface area contributed by atoms with E-state index in [0.29, 0.717) is 24.6 Å². The van der Waals surface area contributed by atoms with Gasteiger partial charge in [0.1, 0.15) is 17.1 Å². The standard InChI is InChI=1S/C24H23Cl2FN2O4/c1-4-33-24(30)19-20(27)22(25)28-23(26)21(19)29(13-15-5-9-17(31-2)10-6-15)14-16-7-11-18(32-3)12-8-16/h5-12H,4,13-14H2,1-3H3. The number of anilines is 1. The fraction of sp³-hybridized carbons (Fsp3) is 0.250. The summed E-state index contributed by atoms with van der Waals surface area (Å²) in [6.45, 7) is 2.29. The minimum absolute atomic E-state index is 0.0617. The van der Waals surface area contributed by atoms with Crippen LogP contribution in [0.1, 0.15) is 28.4 Å². The highest BCUT2D eigenvalue weighted by Crippen LogP contribution is 2.36. The number of hydrogen-bond donors (Lipinski definition) is 0. The molecule has 1 aromatic heterocycles. The van der Waals surface area contributed by atoms with Crippen LogP contribution in [0.3, 0.4) is 0 Å². The van der Waals surface area contributed by atoms with Crippen molar-refractivity contribution in [2.45, 2.75) is 20.0 Å². The maximum Gasteiger partial charge on any atom is 0.343 e. The van der Waals surface area contributed by atoms with E-state index in [0.717, 1.165) is 11.1 Å². The number of aromatic nitrogens is 1. The van der Waals surface area contributed by atoms with Gasteiger partial charge >= 0.3 is 5.97 Å². The summed E-state index contributed by atoms with van der Waals surface area (Å²) < 4.78 is 30.6. The predicted octanol–water partition coefficient (Wildman–Crippen LogP) is 5.93. The molecule has 0 spiro atoms. The number of esters is 1. The van der Waals surface area contributed by atoms with Crippen molar-refractivity contribution in [3.63, 3.8) is 0 Å². The second-order valence-electron chi connectivity index (χ2n) is 7.00. The Morgan fingerprint density at radius 1 is 0.909 bits per heavy atom. The number of nitrogens with zero attached hydrogens (tertiary/aromatic N) is 2. The number of benzene rings is 2. The average molecular weight is 493 g/mol. The summed E-state index contributed by atoms with van der Waals surface area (Å²) in [5.41, 5.74) is 1.50. The Morgan fingerprint density at radius 3 is 1.82 bits per heavy atom. The van der Waals surface area contributed by atoms with Gasteiger partial charge in [-0.05, 0) is 42.3 Å². The van der Waals surface area contributed by atoms with E-state index in [1.807, 2.05) is 48.5 Å². The van der Waals surface area contributed by atoms with Gasteiger partial charge in [0.05, 0.1) is 26.5 Å². The quantitative estimate of drug-likeness (QED) is 0.272. The monoisotopic (exact) mass is 492 g/mol. The van der Waals surface area contributed by atoms with Crippen LogP contribution in [0.15, 0.2) is 48.5 Å². The van der Waals surface area contributed by atoms with Gasteiger partial charge < -0.3 is 19.1 Å². The van der Waals surface area contributed by atoms with Gasteiger partial charge in [0.15, 0.2) is 16.1 Å². The largest absolute Gasteiger partial charge is 0.497 e. The maximum atomic E-state index is 15.0. The first kappa shape index (κ1) is 24.6. The highest BCUT2D eigenvalue weighted by atomic mass is 35.5. The van der Waals surface area contributed by atoms with Crippen LogP contribution in [0, 0.1) is 5.82 Å². The Balaban J connectivity index is 2.10. The highest BCUT2D eigenvalue weighted by molar-refractivity contribution is 6.35. The lowest BCUT2D eigenvalue weighted by Gasteiger charge is -2.28. The normalized spacial score (nSPS) is 10.6. The van der Waals surface area contributed by atoms with Crippen LogP contribution < -0.4 is 14.4 Å². The molecular formula is C24H23Cl2FN2O4. The molecule has 1 heterocycles. The lowest BCUT2D eigenvalue weighted by molar-refractivity contribution is 0.0521. The zero-order chi connectivity index (χ0) is 24.0. The van der Waals surface area contributed by atoms with E-state index in [4.69, 9.17) is 37.4 Å². The molecule has 0 aliphatic heterocycles. The summed E-state index contributed by atoms with van der Waals surface area (Å²) in [5, 5.41) is -0.605. The molecule has 33 heavy (non-hydrogen) atoms. The minimum Gasteiger partial charge on any atom is -0.497 e. The molecule has 0 saturated carbocycles. The summed E-state index contributed by atoms with van der Waals surface area (Å²) in [4.78, 5) is 18.4. The smallest absolute Gasteiger partial charge is 0.343 e. The summed E-state index contributed by atoms with van der Waals surface area (Å²) in [5.74, 6) is -0.454. The summed E-state index contributed by atoms with van der Waals surface area (Å²) in [6, 6.07) is 14.7. The van der Waals surface area contributed by atoms with Crippen LogP contribution >= 0.6 is 23.2 Å². The predicted molar refractivity (Wildman–Crippen MR) is 126 cm³/mol. The van der Waals surface area contributed by atoms with Gasteiger partial charge in [0.25, 0.3) is 0 Å². The van der Waals surface area contributed by atoms with Crippen molar-refractivity contribution in [1.82, 2.24) is 4.98 Å². The zero-order valence-electron chi connectivity index (χ0n) is 18.4. The minimum atomic E-state index is -0.982. The molecular weight excluding hydrogens is 470 g/mol. The van der Waals surface area contributed by atoms with Gasteiger partial charge in [-0.1, -0.05) is 47.5 Å². The topological polar surface area (TPSA) is 60.9 Å². The third-order valence-corrected chi connectivity index (χ3v) is 5.40. The molecule has 0 radical (unpaired) electrons. The number of ether oxygens (including phenoxy) is 3. The highest BCUT2D eigenvalue weighted by Gasteiger charge is 2.29. The molecule has 2 aromatic carbocycles. The van der Waals surface area contributed by atoms with Crippen LogP contribution in [0.5, 0.6) is 11.5 Å².